The zero-order chi connectivity index (χ0) is 9.86. The molecule has 3 aliphatic rings. The van der Waals surface area contributed by atoms with Crippen molar-refractivity contribution < 1.29 is 18.7 Å². The van der Waals surface area contributed by atoms with Crippen LogP contribution < -0.4 is 0 Å². The fourth-order valence-electron chi connectivity index (χ4n) is 2.11. The van der Waals surface area contributed by atoms with E-state index in [4.69, 9.17) is 18.7 Å². The highest BCUT2D eigenvalue weighted by molar-refractivity contribution is 7.41. The van der Waals surface area contributed by atoms with Crippen LogP contribution in [0.1, 0.15) is 25.7 Å². The molecular weight excluding hydrogens is 203 g/mol. The van der Waals surface area contributed by atoms with Crippen molar-refractivity contribution in [3.05, 3.63) is 0 Å². The zero-order valence-corrected chi connectivity index (χ0v) is 9.17. The fraction of sp³-hybridized carbons (Fsp3) is 1.00. The Bertz CT molecular complexity index is 161. The van der Waals surface area contributed by atoms with Crippen LogP contribution in [0.25, 0.3) is 0 Å². The number of rotatable bonds is 2. The summed E-state index contributed by atoms with van der Waals surface area (Å²) >= 11 is 0. The maximum Gasteiger partial charge on any atom is 0.332 e. The first-order valence-corrected chi connectivity index (χ1v) is 6.24. The molecule has 4 nitrogen and oxygen atoms in total. The monoisotopic (exact) mass is 220 g/mol. The van der Waals surface area contributed by atoms with Gasteiger partial charge < -0.3 is 18.7 Å². The Morgan fingerprint density at radius 1 is 1.00 bits per heavy atom. The third kappa shape index (κ3) is 2.44. The Labute approximate surface area is 85.5 Å². The molecule has 0 aliphatic carbocycles. The molecule has 14 heavy (non-hydrogen) atoms. The Morgan fingerprint density at radius 3 is 1.93 bits per heavy atom. The van der Waals surface area contributed by atoms with Gasteiger partial charge >= 0.3 is 8.60 Å². The molecule has 3 heterocycles. The minimum Gasteiger partial charge on any atom is -0.396 e. The fourth-order valence-corrected chi connectivity index (χ4v) is 3.05. The molecule has 0 atom stereocenters. The Morgan fingerprint density at radius 2 is 1.50 bits per heavy atom. The summed E-state index contributed by atoms with van der Waals surface area (Å²) in [7, 11) is -1.07. The molecule has 5 heteroatoms. The predicted octanol–water partition coefficient (Wildman–Crippen LogP) is 1.83. The average Bonchev–Trinajstić information content (AvgIpc) is 2.06. The molecule has 3 rings (SSSR count). The Balaban J connectivity index is 2.04. The van der Waals surface area contributed by atoms with Crippen molar-refractivity contribution in [2.45, 2.75) is 25.7 Å². The van der Waals surface area contributed by atoms with Crippen molar-refractivity contribution in [1.82, 2.24) is 0 Å². The molecule has 0 spiro atoms. The Hall–Kier alpha value is 0.270. The highest BCUT2D eigenvalue weighted by Crippen LogP contribution is 2.49. The summed E-state index contributed by atoms with van der Waals surface area (Å²) in [6.45, 7) is 2.35. The van der Waals surface area contributed by atoms with Crippen LogP contribution in [0.15, 0.2) is 0 Å². The van der Waals surface area contributed by atoms with Crippen molar-refractivity contribution in [1.29, 1.82) is 0 Å². The van der Waals surface area contributed by atoms with Gasteiger partial charge in [0.05, 0.1) is 19.8 Å². The van der Waals surface area contributed by atoms with E-state index in [-0.39, 0.29) is 12.0 Å². The van der Waals surface area contributed by atoms with Crippen LogP contribution in [0.2, 0.25) is 0 Å². The summed E-state index contributed by atoms with van der Waals surface area (Å²) in [6, 6.07) is 0. The van der Waals surface area contributed by atoms with Gasteiger partial charge in [0.1, 0.15) is 0 Å². The lowest BCUT2D eigenvalue weighted by Crippen LogP contribution is -2.31. The van der Waals surface area contributed by atoms with Crippen molar-refractivity contribution in [2.75, 3.05) is 26.4 Å². The number of hydrogen-bond donors (Lipinski definition) is 1. The van der Waals surface area contributed by atoms with Crippen molar-refractivity contribution in [3.8, 4) is 0 Å². The molecular formula is C9H17O4P. The van der Waals surface area contributed by atoms with E-state index < -0.39 is 8.60 Å². The molecule has 2 bridgehead atoms. The van der Waals surface area contributed by atoms with E-state index in [1.54, 1.807) is 0 Å². The van der Waals surface area contributed by atoms with Gasteiger partial charge in [-0.25, -0.2) is 0 Å². The lowest BCUT2D eigenvalue weighted by atomic mass is 9.76. The number of aliphatic hydroxyl groups excluding tert-OH is 1. The van der Waals surface area contributed by atoms with Crippen molar-refractivity contribution in [2.24, 2.45) is 5.41 Å². The first-order chi connectivity index (χ1) is 6.85. The molecule has 0 amide bonds. The lowest BCUT2D eigenvalue weighted by molar-refractivity contribution is 0.0215. The summed E-state index contributed by atoms with van der Waals surface area (Å²) in [5, 5.41) is 9.07. The minimum atomic E-state index is -1.07. The van der Waals surface area contributed by atoms with Crippen LogP contribution in [0.3, 0.4) is 0 Å². The molecule has 3 aliphatic heterocycles. The van der Waals surface area contributed by atoms with Crippen molar-refractivity contribution >= 4 is 8.60 Å². The van der Waals surface area contributed by atoms with E-state index >= 15 is 0 Å². The van der Waals surface area contributed by atoms with Gasteiger partial charge in [-0.3, -0.25) is 0 Å². The van der Waals surface area contributed by atoms with Crippen LogP contribution in [0, 0.1) is 5.41 Å². The van der Waals surface area contributed by atoms with E-state index in [9.17, 15) is 0 Å². The van der Waals surface area contributed by atoms with E-state index in [1.165, 1.54) is 0 Å². The topological polar surface area (TPSA) is 47.9 Å². The van der Waals surface area contributed by atoms with E-state index in [0.29, 0.717) is 19.8 Å². The molecule has 0 saturated carbocycles. The van der Waals surface area contributed by atoms with E-state index in [0.717, 1.165) is 25.7 Å². The molecule has 0 aromatic rings. The van der Waals surface area contributed by atoms with Gasteiger partial charge in [0.15, 0.2) is 0 Å². The highest BCUT2D eigenvalue weighted by Gasteiger charge is 2.35. The van der Waals surface area contributed by atoms with E-state index in [2.05, 4.69) is 0 Å². The predicted molar refractivity (Wildman–Crippen MR) is 52.8 cm³/mol. The average molecular weight is 220 g/mol. The maximum atomic E-state index is 9.07. The van der Waals surface area contributed by atoms with E-state index in [1.807, 2.05) is 0 Å². The second-order valence-corrected chi connectivity index (χ2v) is 5.17. The zero-order valence-electron chi connectivity index (χ0n) is 8.28. The smallest absolute Gasteiger partial charge is 0.332 e. The van der Waals surface area contributed by atoms with Crippen LogP contribution in [0.5, 0.6) is 0 Å². The summed E-state index contributed by atoms with van der Waals surface area (Å²) in [4.78, 5) is 0. The largest absolute Gasteiger partial charge is 0.396 e. The highest BCUT2D eigenvalue weighted by atomic mass is 31.2. The number of hydrogen-bond acceptors (Lipinski definition) is 4. The lowest BCUT2D eigenvalue weighted by Gasteiger charge is -2.38. The first kappa shape index (κ1) is 10.8. The molecule has 0 aromatic carbocycles. The van der Waals surface area contributed by atoms with Gasteiger partial charge in [-0.1, -0.05) is 0 Å². The van der Waals surface area contributed by atoms with Crippen molar-refractivity contribution in [3.63, 3.8) is 0 Å². The number of aliphatic hydroxyl groups is 1. The molecule has 0 radical (unpaired) electrons. The third-order valence-corrected chi connectivity index (χ3v) is 4.31. The standard InChI is InChI=1S/C9H17O4P/c10-5-1-9-2-6-11-14(12-7-3-9)13-8-4-9/h10H,1-8H2. The minimum absolute atomic E-state index is 0.177. The van der Waals surface area contributed by atoms with Crippen LogP contribution >= 0.6 is 8.60 Å². The van der Waals surface area contributed by atoms with Gasteiger partial charge in [0.25, 0.3) is 0 Å². The molecule has 3 saturated heterocycles. The SMILES string of the molecule is OCCC12CCOP(OCC1)OCC2. The number of fused-ring (bicyclic) bond motifs is 6. The van der Waals surface area contributed by atoms with Gasteiger partial charge in [-0.2, -0.15) is 0 Å². The summed E-state index contributed by atoms with van der Waals surface area (Å²) in [5.41, 5.74) is 0.177. The quantitative estimate of drug-likeness (QED) is 0.721. The van der Waals surface area contributed by atoms with Gasteiger partial charge in [-0.05, 0) is 31.1 Å². The third-order valence-electron chi connectivity index (χ3n) is 3.13. The second kappa shape index (κ2) is 4.86. The van der Waals surface area contributed by atoms with Crippen LogP contribution in [-0.2, 0) is 13.6 Å². The van der Waals surface area contributed by atoms with Gasteiger partial charge in [0.2, 0.25) is 0 Å². The molecule has 0 aromatic heterocycles. The maximum absolute atomic E-state index is 9.07. The molecule has 3 fully saturated rings. The summed E-state index contributed by atoms with van der Waals surface area (Å²) in [5.74, 6) is 0. The normalized spacial score (nSPS) is 38.8. The molecule has 82 valence electrons. The summed E-state index contributed by atoms with van der Waals surface area (Å²) in [6.07, 6.45) is 3.92. The second-order valence-electron chi connectivity index (χ2n) is 3.95. The molecule has 1 N–H and O–H groups in total. The van der Waals surface area contributed by atoms with Crippen LogP contribution in [-0.4, -0.2) is 31.5 Å². The van der Waals surface area contributed by atoms with Crippen LogP contribution in [0.4, 0.5) is 0 Å². The Kier molecular flexibility index (Phi) is 3.74. The summed E-state index contributed by atoms with van der Waals surface area (Å²) < 4.78 is 16.4. The van der Waals surface area contributed by atoms with Gasteiger partial charge in [0, 0.05) is 6.61 Å². The van der Waals surface area contributed by atoms with Gasteiger partial charge in [-0.15, -0.1) is 0 Å². The molecule has 0 unspecified atom stereocenters. The first-order valence-electron chi connectivity index (χ1n) is 5.14.